The Morgan fingerprint density at radius 3 is 2.87 bits per heavy atom. The first-order chi connectivity index (χ1) is 7.31. The van der Waals surface area contributed by atoms with Crippen LogP contribution in [0.1, 0.15) is 11.4 Å². The molecule has 0 atom stereocenters. The van der Waals surface area contributed by atoms with E-state index in [1.807, 2.05) is 54.3 Å². The van der Waals surface area contributed by atoms with E-state index in [0.29, 0.717) is 5.57 Å². The van der Waals surface area contributed by atoms with Crippen LogP contribution in [0.4, 0.5) is 0 Å². The van der Waals surface area contributed by atoms with Gasteiger partial charge in [-0.05, 0) is 30.3 Å². The number of nitrogens with zero attached hydrogens (tertiary/aromatic N) is 2. The van der Waals surface area contributed by atoms with Crippen LogP contribution < -0.4 is 0 Å². The fourth-order valence-corrected chi connectivity index (χ4v) is 1.44. The van der Waals surface area contributed by atoms with Crippen LogP contribution in [-0.4, -0.2) is 9.55 Å². The van der Waals surface area contributed by atoms with Crippen molar-refractivity contribution in [2.24, 2.45) is 7.05 Å². The van der Waals surface area contributed by atoms with E-state index >= 15 is 0 Å². The van der Waals surface area contributed by atoms with Gasteiger partial charge in [-0.15, -0.1) is 0 Å². The van der Waals surface area contributed by atoms with Crippen molar-refractivity contribution in [1.82, 2.24) is 9.55 Å². The Morgan fingerprint density at radius 1 is 1.47 bits per heavy atom. The van der Waals surface area contributed by atoms with Crippen molar-refractivity contribution in [3.05, 3.63) is 48.0 Å². The molecule has 3 heteroatoms. The van der Waals surface area contributed by atoms with Crippen LogP contribution in [-0.2, 0) is 7.05 Å². The van der Waals surface area contributed by atoms with Gasteiger partial charge >= 0.3 is 0 Å². The van der Waals surface area contributed by atoms with E-state index < -0.39 is 0 Å². The molecule has 15 heavy (non-hydrogen) atoms. The summed E-state index contributed by atoms with van der Waals surface area (Å²) in [6, 6.07) is 9.88. The number of nitriles is 1. The molecule has 0 aliphatic carbocycles. The average Bonchev–Trinajstić information content (AvgIpc) is 2.86. The number of H-pyrrole nitrogens is 1. The summed E-state index contributed by atoms with van der Waals surface area (Å²) in [5.41, 5.74) is 2.50. The van der Waals surface area contributed by atoms with E-state index in [9.17, 15) is 0 Å². The highest BCUT2D eigenvalue weighted by atomic mass is 14.9. The highest BCUT2D eigenvalue weighted by molar-refractivity contribution is 5.87. The van der Waals surface area contributed by atoms with Crippen molar-refractivity contribution in [2.75, 3.05) is 0 Å². The van der Waals surface area contributed by atoms with E-state index in [0.717, 1.165) is 11.4 Å². The number of hydrogen-bond donors (Lipinski definition) is 1. The van der Waals surface area contributed by atoms with E-state index in [1.54, 1.807) is 0 Å². The van der Waals surface area contributed by atoms with Gasteiger partial charge in [-0.3, -0.25) is 0 Å². The van der Waals surface area contributed by atoms with Crippen LogP contribution in [0.25, 0.3) is 11.6 Å². The zero-order chi connectivity index (χ0) is 10.7. The van der Waals surface area contributed by atoms with Crippen molar-refractivity contribution in [3.8, 4) is 6.07 Å². The first kappa shape index (κ1) is 9.35. The summed E-state index contributed by atoms with van der Waals surface area (Å²) < 4.78 is 1.97. The normalized spacial score (nSPS) is 11.3. The smallest absolute Gasteiger partial charge is 0.101 e. The first-order valence-electron chi connectivity index (χ1n) is 4.68. The Kier molecular flexibility index (Phi) is 2.42. The highest BCUT2D eigenvalue weighted by Gasteiger charge is 2.02. The van der Waals surface area contributed by atoms with Gasteiger partial charge in [-0.2, -0.15) is 5.26 Å². The fraction of sp³-hybridized carbons (Fsp3) is 0.0833. The maximum atomic E-state index is 9.04. The molecule has 0 unspecified atom stereocenters. The number of aromatic amines is 1. The van der Waals surface area contributed by atoms with Crippen LogP contribution in [0.5, 0.6) is 0 Å². The molecule has 2 heterocycles. The molecule has 2 aromatic heterocycles. The largest absolute Gasteiger partial charge is 0.361 e. The van der Waals surface area contributed by atoms with Crippen LogP contribution >= 0.6 is 0 Å². The van der Waals surface area contributed by atoms with Gasteiger partial charge in [0, 0.05) is 25.1 Å². The molecule has 0 aliphatic rings. The second-order valence-corrected chi connectivity index (χ2v) is 3.30. The molecule has 0 aliphatic heterocycles. The summed E-state index contributed by atoms with van der Waals surface area (Å²) in [5.74, 6) is 0. The lowest BCUT2D eigenvalue weighted by atomic mass is 10.2. The topological polar surface area (TPSA) is 44.5 Å². The number of nitrogens with one attached hydrogen (secondary N) is 1. The summed E-state index contributed by atoms with van der Waals surface area (Å²) in [4.78, 5) is 3.02. The van der Waals surface area contributed by atoms with Crippen molar-refractivity contribution >= 4 is 11.6 Å². The molecule has 0 saturated carbocycles. The minimum absolute atomic E-state index is 0.641. The lowest BCUT2D eigenvalue weighted by Crippen LogP contribution is -1.89. The molecule has 0 amide bonds. The van der Waals surface area contributed by atoms with Gasteiger partial charge in [-0.25, -0.2) is 0 Å². The third kappa shape index (κ3) is 1.84. The molecule has 74 valence electrons. The summed E-state index contributed by atoms with van der Waals surface area (Å²) in [5, 5.41) is 9.04. The van der Waals surface area contributed by atoms with Crippen molar-refractivity contribution in [2.45, 2.75) is 0 Å². The Balaban J connectivity index is 2.41. The van der Waals surface area contributed by atoms with Gasteiger partial charge in [0.1, 0.15) is 6.07 Å². The second kappa shape index (κ2) is 3.89. The maximum Gasteiger partial charge on any atom is 0.101 e. The van der Waals surface area contributed by atoms with Gasteiger partial charge in [-0.1, -0.05) is 0 Å². The quantitative estimate of drug-likeness (QED) is 0.738. The molecule has 0 saturated heterocycles. The molecule has 2 rings (SSSR count). The number of aryl methyl sites for hydroxylation is 1. The maximum absolute atomic E-state index is 9.04. The van der Waals surface area contributed by atoms with Crippen LogP contribution in [0.15, 0.2) is 36.7 Å². The Bertz CT molecular complexity index is 509. The second-order valence-electron chi connectivity index (χ2n) is 3.30. The minimum atomic E-state index is 0.641. The van der Waals surface area contributed by atoms with Crippen molar-refractivity contribution in [1.29, 1.82) is 5.26 Å². The number of aromatic nitrogens is 2. The molecule has 0 spiro atoms. The zero-order valence-electron chi connectivity index (χ0n) is 8.44. The molecular weight excluding hydrogens is 186 g/mol. The van der Waals surface area contributed by atoms with E-state index in [4.69, 9.17) is 5.26 Å². The zero-order valence-corrected chi connectivity index (χ0v) is 8.44. The third-order valence-corrected chi connectivity index (χ3v) is 2.28. The van der Waals surface area contributed by atoms with E-state index in [2.05, 4.69) is 11.1 Å². The lowest BCUT2D eigenvalue weighted by Gasteiger charge is -1.98. The van der Waals surface area contributed by atoms with Crippen LogP contribution in [0.2, 0.25) is 0 Å². The minimum Gasteiger partial charge on any atom is -0.361 e. The van der Waals surface area contributed by atoms with Crippen molar-refractivity contribution < 1.29 is 0 Å². The summed E-state index contributed by atoms with van der Waals surface area (Å²) in [6.45, 7) is 0. The van der Waals surface area contributed by atoms with Gasteiger partial charge in [0.05, 0.1) is 11.3 Å². The SMILES string of the molecule is Cn1cccc1/C=C(\C#N)c1ccc[nH]1. The van der Waals surface area contributed by atoms with Gasteiger partial charge in [0.25, 0.3) is 0 Å². The Morgan fingerprint density at radius 2 is 2.33 bits per heavy atom. The number of allylic oxidation sites excluding steroid dienone is 1. The summed E-state index contributed by atoms with van der Waals surface area (Å²) >= 11 is 0. The molecule has 0 fully saturated rings. The van der Waals surface area contributed by atoms with Gasteiger partial charge < -0.3 is 9.55 Å². The van der Waals surface area contributed by atoms with Crippen LogP contribution in [0.3, 0.4) is 0 Å². The van der Waals surface area contributed by atoms with Crippen LogP contribution in [0, 0.1) is 11.3 Å². The molecule has 0 radical (unpaired) electrons. The van der Waals surface area contributed by atoms with Crippen molar-refractivity contribution in [3.63, 3.8) is 0 Å². The summed E-state index contributed by atoms with van der Waals surface area (Å²) in [6.07, 6.45) is 5.63. The lowest BCUT2D eigenvalue weighted by molar-refractivity contribution is 0.915. The first-order valence-corrected chi connectivity index (χ1v) is 4.68. The highest BCUT2D eigenvalue weighted by Crippen LogP contribution is 2.15. The molecule has 1 N–H and O–H groups in total. The molecule has 3 nitrogen and oxygen atoms in total. The molecular formula is C12H11N3. The Labute approximate surface area is 88.3 Å². The predicted octanol–water partition coefficient (Wildman–Crippen LogP) is 2.42. The average molecular weight is 197 g/mol. The molecule has 0 bridgehead atoms. The Hall–Kier alpha value is -2.21. The van der Waals surface area contributed by atoms with E-state index in [1.165, 1.54) is 0 Å². The predicted molar refractivity (Wildman–Crippen MR) is 59.7 cm³/mol. The third-order valence-electron chi connectivity index (χ3n) is 2.28. The fourth-order valence-electron chi connectivity index (χ4n) is 1.44. The van der Waals surface area contributed by atoms with Gasteiger partial charge in [0.15, 0.2) is 0 Å². The van der Waals surface area contributed by atoms with E-state index in [-0.39, 0.29) is 0 Å². The molecule has 2 aromatic rings. The van der Waals surface area contributed by atoms with Gasteiger partial charge in [0.2, 0.25) is 0 Å². The monoisotopic (exact) mass is 197 g/mol. The number of rotatable bonds is 2. The molecule has 0 aromatic carbocycles. The summed E-state index contributed by atoms with van der Waals surface area (Å²) in [7, 11) is 1.95. The standard InChI is InChI=1S/C12H11N3/c1-15-7-3-4-11(15)8-10(9-13)12-5-2-6-14-12/h2-8,14H,1H3/b10-8+. The number of hydrogen-bond acceptors (Lipinski definition) is 1.